The highest BCUT2D eigenvalue weighted by Gasteiger charge is 2.88. The molecule has 0 amide bonds. The number of aryl methyl sites for hydroxylation is 1. The lowest BCUT2D eigenvalue weighted by Crippen LogP contribution is -3.00. The molecule has 0 atom stereocenters. The van der Waals surface area contributed by atoms with E-state index in [1.807, 2.05) is 0 Å². The van der Waals surface area contributed by atoms with E-state index in [1.54, 1.807) is 17.7 Å². The maximum absolute atomic E-state index is 14.7. The van der Waals surface area contributed by atoms with Gasteiger partial charge in [-0.2, -0.15) is 65.9 Å². The van der Waals surface area contributed by atoms with E-state index in [1.165, 1.54) is 29.4 Å². The van der Waals surface area contributed by atoms with Gasteiger partial charge < -0.3 is 21.7 Å². The van der Waals surface area contributed by atoms with Crippen molar-refractivity contribution in [3.05, 3.63) is 59.9 Å². The van der Waals surface area contributed by atoms with Gasteiger partial charge in [0.2, 0.25) is 12.1 Å². The van der Waals surface area contributed by atoms with E-state index in [0.29, 0.717) is 18.7 Å². The number of allylic oxidation sites excluding steroid dienone is 2. The molecule has 2 aromatic rings. The van der Waals surface area contributed by atoms with Crippen LogP contribution >= 0.6 is 0 Å². The molecule has 0 saturated heterocycles. The zero-order valence-corrected chi connectivity index (χ0v) is 22.1. The Hall–Kier alpha value is -3.00. The van der Waals surface area contributed by atoms with E-state index in [-0.39, 0.29) is 34.7 Å². The van der Waals surface area contributed by atoms with E-state index < -0.39 is 59.3 Å². The van der Waals surface area contributed by atoms with Crippen LogP contribution in [0, 0.1) is 0 Å². The van der Waals surface area contributed by atoms with E-state index >= 15 is 0 Å². The van der Waals surface area contributed by atoms with Crippen LogP contribution in [0.1, 0.15) is 12.5 Å². The lowest BCUT2D eigenvalue weighted by Gasteiger charge is -2.41. The van der Waals surface area contributed by atoms with Crippen LogP contribution in [-0.4, -0.2) is 46.8 Å². The van der Waals surface area contributed by atoms with Crippen LogP contribution in [0.25, 0.3) is 12.3 Å². The number of nitrogens with zero attached hydrogens (tertiary/aromatic N) is 2. The monoisotopic (exact) mass is 724 g/mol. The Kier molecular flexibility index (Phi) is 10.8. The number of imidazole rings is 1. The maximum atomic E-state index is 14.7. The minimum atomic E-state index is -8.22. The summed E-state index contributed by atoms with van der Waals surface area (Å²) in [4.78, 5) is 0. The fourth-order valence-corrected chi connectivity index (χ4v) is 3.31. The van der Waals surface area contributed by atoms with E-state index in [9.17, 15) is 74.6 Å². The van der Waals surface area contributed by atoms with Crippen LogP contribution in [0.15, 0.2) is 54.3 Å². The van der Waals surface area contributed by atoms with Gasteiger partial charge in [0.05, 0.1) is 18.3 Å². The van der Waals surface area contributed by atoms with Crippen molar-refractivity contribution in [1.29, 1.82) is 0 Å². The molecule has 0 unspecified atom stereocenters. The summed E-state index contributed by atoms with van der Waals surface area (Å²) < 4.78 is 237. The number of hydrogen-bond donors (Lipinski definition) is 0. The molecule has 0 aliphatic rings. The molecule has 244 valence electrons. The molecule has 0 bridgehead atoms. The summed E-state index contributed by atoms with van der Waals surface area (Å²) in [5, 5.41) is 0. The fraction of sp³-hybridized carbons (Fsp3) is 0.409. The summed E-state index contributed by atoms with van der Waals surface area (Å²) in [5.74, 6) is -6.17. The molecule has 0 aliphatic carbocycles. The van der Waals surface area contributed by atoms with Crippen molar-refractivity contribution in [3.8, 4) is 5.75 Å². The second-order valence-electron chi connectivity index (χ2n) is 8.19. The van der Waals surface area contributed by atoms with Gasteiger partial charge in [-0.15, -0.1) is 0 Å². The fourth-order valence-electron chi connectivity index (χ4n) is 3.31. The molecule has 43 heavy (non-hydrogen) atoms. The van der Waals surface area contributed by atoms with Gasteiger partial charge in [0, 0.05) is 0 Å². The van der Waals surface area contributed by atoms with Crippen molar-refractivity contribution in [2.75, 3.05) is 0 Å². The Balaban J connectivity index is 0.00000924. The Morgan fingerprint density at radius 3 is 1.47 bits per heavy atom. The molecular formula is C22H14BrF17N2O. The topological polar surface area (TPSA) is 18.0 Å². The maximum Gasteiger partial charge on any atom is 0.449 e. The van der Waals surface area contributed by atoms with E-state index in [2.05, 4.69) is 4.74 Å². The average Bonchev–Trinajstić information content (AvgIpc) is 3.27. The van der Waals surface area contributed by atoms with Crippen molar-refractivity contribution >= 4 is 12.3 Å². The van der Waals surface area contributed by atoms with Crippen LogP contribution in [-0.2, 0) is 6.54 Å². The molecule has 1 aromatic heterocycles. The zero-order chi connectivity index (χ0) is 32.7. The molecule has 0 saturated carbocycles. The van der Waals surface area contributed by atoms with Crippen LogP contribution in [0.4, 0.5) is 74.6 Å². The van der Waals surface area contributed by atoms with Gasteiger partial charge in [-0.25, -0.2) is 17.9 Å². The second-order valence-corrected chi connectivity index (χ2v) is 8.19. The van der Waals surface area contributed by atoms with Crippen molar-refractivity contribution in [3.63, 3.8) is 0 Å². The SMILES string of the molecule is CC[n+]1ccn(C=Cc2ccc(OC(=C(C(F)(C(F)(F)F)C(F)(F)F)C(F)(C(F)(F)F)C(F)(F)F)C(F)(F)F)cc2)c1.[Br-]. The smallest absolute Gasteiger partial charge is 0.449 e. The average molecular weight is 725 g/mol. The summed E-state index contributed by atoms with van der Waals surface area (Å²) in [7, 11) is 0. The number of halogens is 18. The van der Waals surface area contributed by atoms with Gasteiger partial charge in [0.15, 0.2) is 0 Å². The summed E-state index contributed by atoms with van der Waals surface area (Å²) in [5.41, 5.74) is -22.0. The van der Waals surface area contributed by atoms with Gasteiger partial charge in [-0.1, -0.05) is 12.1 Å². The first-order chi connectivity index (χ1) is 18.7. The molecule has 2 rings (SSSR count). The highest BCUT2D eigenvalue weighted by molar-refractivity contribution is 5.61. The van der Waals surface area contributed by atoms with Crippen molar-refractivity contribution < 1.29 is 101 Å². The largest absolute Gasteiger partial charge is 1.00 e. The Bertz CT molecular complexity index is 1230. The lowest BCUT2D eigenvalue weighted by molar-refractivity contribution is -0.692. The number of alkyl halides is 17. The van der Waals surface area contributed by atoms with Crippen molar-refractivity contribution in [2.24, 2.45) is 0 Å². The lowest BCUT2D eigenvalue weighted by atomic mass is 9.79. The predicted molar refractivity (Wildman–Crippen MR) is 108 cm³/mol. The second kappa shape index (κ2) is 12.2. The summed E-state index contributed by atoms with van der Waals surface area (Å²) in [6, 6.07) is 1.94. The third-order valence-electron chi connectivity index (χ3n) is 5.35. The molecule has 0 spiro atoms. The molecule has 1 heterocycles. The zero-order valence-electron chi connectivity index (χ0n) is 20.5. The summed E-state index contributed by atoms with van der Waals surface area (Å²) in [6.45, 7) is 2.31. The van der Waals surface area contributed by atoms with Crippen molar-refractivity contribution in [1.82, 2.24) is 4.57 Å². The van der Waals surface area contributed by atoms with Crippen molar-refractivity contribution in [2.45, 2.75) is 55.7 Å². The quantitative estimate of drug-likeness (QED) is 0.216. The molecule has 3 nitrogen and oxygen atoms in total. The van der Waals surface area contributed by atoms with Crippen LogP contribution < -0.4 is 26.3 Å². The molecule has 21 heteroatoms. The highest BCUT2D eigenvalue weighted by atomic mass is 79.9. The normalized spacial score (nSPS) is 14.1. The van der Waals surface area contributed by atoms with E-state index in [0.717, 1.165) is 0 Å². The van der Waals surface area contributed by atoms with Gasteiger partial charge in [-0.05, 0) is 30.7 Å². The first-order valence-electron chi connectivity index (χ1n) is 10.7. The van der Waals surface area contributed by atoms with Crippen LogP contribution in [0.2, 0.25) is 0 Å². The number of rotatable bonds is 7. The Morgan fingerprint density at radius 1 is 0.721 bits per heavy atom. The molecule has 0 N–H and O–H groups in total. The Morgan fingerprint density at radius 2 is 1.14 bits per heavy atom. The minimum absolute atomic E-state index is 0. The van der Waals surface area contributed by atoms with Crippen LogP contribution in [0.5, 0.6) is 5.75 Å². The Labute approximate surface area is 239 Å². The highest BCUT2D eigenvalue weighted by Crippen LogP contribution is 2.63. The molecule has 1 aromatic carbocycles. The molecular weight excluding hydrogens is 711 g/mol. The van der Waals surface area contributed by atoms with E-state index in [4.69, 9.17) is 0 Å². The van der Waals surface area contributed by atoms with Crippen LogP contribution in [0.3, 0.4) is 0 Å². The minimum Gasteiger partial charge on any atom is -1.00 e. The third kappa shape index (κ3) is 7.39. The molecule has 0 fully saturated rings. The standard InChI is InChI=1S/C22H14F17N2O.BrH/c1-2-40-9-10-41(11-40)8-7-12-3-5-13(6-4-12)42-15(18(25,26)27)14(16(23,19(28,29)30)20(31,32)33)17(24,21(34,35)36)22(37,38)39;/h3-11H,2H2,1H3;1H/q+1;/p-1. The number of benzene rings is 1. The number of hydrogen-bond acceptors (Lipinski definition) is 1. The summed E-state index contributed by atoms with van der Waals surface area (Å²) >= 11 is 0. The predicted octanol–water partition coefficient (Wildman–Crippen LogP) is 5.29. The first-order valence-corrected chi connectivity index (χ1v) is 10.7. The molecule has 0 radical (unpaired) electrons. The third-order valence-corrected chi connectivity index (χ3v) is 5.35. The van der Waals surface area contributed by atoms with Gasteiger partial charge in [-0.3, -0.25) is 0 Å². The summed E-state index contributed by atoms with van der Waals surface area (Å²) in [6.07, 6.45) is -32.3. The molecule has 0 aliphatic heterocycles. The number of ether oxygens (including phenoxy) is 1. The first kappa shape index (κ1) is 38.0. The van der Waals surface area contributed by atoms with Gasteiger partial charge in [0.25, 0.3) is 0 Å². The number of aromatic nitrogens is 2. The van der Waals surface area contributed by atoms with Gasteiger partial charge in [0.1, 0.15) is 18.1 Å². The van der Waals surface area contributed by atoms with Gasteiger partial charge >= 0.3 is 42.2 Å².